The maximum atomic E-state index is 10.6. The third kappa shape index (κ3) is 2.77. The van der Waals surface area contributed by atoms with E-state index in [0.717, 1.165) is 33.3 Å². The summed E-state index contributed by atoms with van der Waals surface area (Å²) in [6, 6.07) is 23.7. The van der Waals surface area contributed by atoms with Gasteiger partial charge in [0.15, 0.2) is 0 Å². The summed E-state index contributed by atoms with van der Waals surface area (Å²) in [6.07, 6.45) is 2.76. The van der Waals surface area contributed by atoms with Crippen LogP contribution in [-0.2, 0) is 0 Å². The number of nitrogens with zero attached hydrogens (tertiary/aromatic N) is 2. The van der Waals surface area contributed by atoms with Gasteiger partial charge in [0, 0.05) is 12.4 Å². The van der Waals surface area contributed by atoms with Gasteiger partial charge in [-0.15, -0.1) is 0 Å². The monoisotopic (exact) mass is 312 g/mol. The minimum atomic E-state index is -0.633. The van der Waals surface area contributed by atoms with E-state index in [1.54, 1.807) is 12.4 Å². The molecule has 1 heterocycles. The minimum Gasteiger partial charge on any atom is -0.384 e. The Hall–Kier alpha value is -3.04. The summed E-state index contributed by atoms with van der Waals surface area (Å²) in [7, 11) is 0. The predicted molar refractivity (Wildman–Crippen MR) is 95.5 cm³/mol. The van der Waals surface area contributed by atoms with Crippen molar-refractivity contribution < 1.29 is 5.11 Å². The van der Waals surface area contributed by atoms with E-state index < -0.39 is 6.10 Å². The molecular formula is C21H16N2O. The van der Waals surface area contributed by atoms with Gasteiger partial charge in [0.05, 0.1) is 11.0 Å². The van der Waals surface area contributed by atoms with E-state index in [9.17, 15) is 5.11 Å². The molecule has 3 aromatic carbocycles. The number of rotatable bonds is 3. The van der Waals surface area contributed by atoms with Gasteiger partial charge in [-0.25, -0.2) is 0 Å². The van der Waals surface area contributed by atoms with Crippen LogP contribution in [0.5, 0.6) is 0 Å². The Bertz CT molecular complexity index is 983. The maximum Gasteiger partial charge on any atom is 0.104 e. The molecule has 1 N–H and O–H groups in total. The summed E-state index contributed by atoms with van der Waals surface area (Å²) in [6.45, 7) is 0. The van der Waals surface area contributed by atoms with Crippen molar-refractivity contribution in [2.45, 2.75) is 6.10 Å². The maximum absolute atomic E-state index is 10.6. The molecule has 3 nitrogen and oxygen atoms in total. The first kappa shape index (κ1) is 14.5. The van der Waals surface area contributed by atoms with Crippen LogP contribution in [0.2, 0.25) is 0 Å². The molecule has 0 amide bonds. The molecule has 3 heteroatoms. The molecule has 1 unspecified atom stereocenters. The molecule has 0 saturated carbocycles. The van der Waals surface area contributed by atoms with E-state index in [2.05, 4.69) is 9.97 Å². The summed E-state index contributed by atoms with van der Waals surface area (Å²) in [5.74, 6) is 0. The molecule has 0 spiro atoms. The number of hydrogen-bond donors (Lipinski definition) is 1. The van der Waals surface area contributed by atoms with Crippen LogP contribution >= 0.6 is 0 Å². The number of fused-ring (bicyclic) bond motifs is 1. The van der Waals surface area contributed by atoms with Crippen LogP contribution in [0.15, 0.2) is 85.2 Å². The van der Waals surface area contributed by atoms with Crippen LogP contribution in [0.25, 0.3) is 22.2 Å². The smallest absolute Gasteiger partial charge is 0.104 e. The number of aliphatic hydroxyl groups is 1. The molecule has 4 rings (SSSR count). The summed E-state index contributed by atoms with van der Waals surface area (Å²) in [5, 5.41) is 10.6. The van der Waals surface area contributed by atoms with Gasteiger partial charge in [-0.05, 0) is 40.5 Å². The van der Waals surface area contributed by atoms with Crippen molar-refractivity contribution in [1.29, 1.82) is 0 Å². The van der Waals surface area contributed by atoms with Crippen molar-refractivity contribution in [3.05, 3.63) is 96.3 Å². The first-order valence-electron chi connectivity index (χ1n) is 7.85. The molecule has 0 saturated heterocycles. The highest BCUT2D eigenvalue weighted by Crippen LogP contribution is 2.28. The Morgan fingerprint density at radius 3 is 2.17 bits per heavy atom. The standard InChI is InChI=1S/C21H16N2O/c24-21(15-5-2-1-3-6-15)18-8-4-7-16(13-18)17-9-10-19-20(14-17)23-12-11-22-19/h1-14,21,24H. The van der Waals surface area contributed by atoms with Gasteiger partial charge in [-0.2, -0.15) is 0 Å². The molecule has 1 atom stereocenters. The Morgan fingerprint density at radius 1 is 0.625 bits per heavy atom. The first-order valence-corrected chi connectivity index (χ1v) is 7.85. The predicted octanol–water partition coefficient (Wildman–Crippen LogP) is 4.38. The highest BCUT2D eigenvalue weighted by atomic mass is 16.3. The van der Waals surface area contributed by atoms with E-state index in [0.29, 0.717) is 0 Å². The highest BCUT2D eigenvalue weighted by molar-refractivity contribution is 5.81. The SMILES string of the molecule is OC(c1ccccc1)c1cccc(-c2ccc3nccnc3c2)c1. The third-order valence-electron chi connectivity index (χ3n) is 4.12. The minimum absolute atomic E-state index is 0.633. The summed E-state index contributed by atoms with van der Waals surface area (Å²) in [5.41, 5.74) is 5.61. The molecule has 4 aromatic rings. The van der Waals surface area contributed by atoms with Crippen LogP contribution in [0.3, 0.4) is 0 Å². The van der Waals surface area contributed by atoms with Crippen molar-refractivity contribution in [2.75, 3.05) is 0 Å². The summed E-state index contributed by atoms with van der Waals surface area (Å²) in [4.78, 5) is 8.66. The zero-order chi connectivity index (χ0) is 16.4. The topological polar surface area (TPSA) is 46.0 Å². The van der Waals surface area contributed by atoms with E-state index >= 15 is 0 Å². The van der Waals surface area contributed by atoms with Crippen LogP contribution in [0, 0.1) is 0 Å². The van der Waals surface area contributed by atoms with Gasteiger partial charge >= 0.3 is 0 Å². The van der Waals surface area contributed by atoms with Crippen molar-refractivity contribution in [1.82, 2.24) is 9.97 Å². The molecule has 0 bridgehead atoms. The molecule has 24 heavy (non-hydrogen) atoms. The molecular weight excluding hydrogens is 296 g/mol. The Morgan fingerprint density at radius 2 is 1.33 bits per heavy atom. The average Bonchev–Trinajstić information content (AvgIpc) is 2.68. The van der Waals surface area contributed by atoms with E-state index in [1.807, 2.05) is 72.8 Å². The zero-order valence-corrected chi connectivity index (χ0v) is 13.0. The summed E-state index contributed by atoms with van der Waals surface area (Å²) >= 11 is 0. The van der Waals surface area contributed by atoms with Gasteiger partial charge in [0.2, 0.25) is 0 Å². The van der Waals surface area contributed by atoms with Crippen molar-refractivity contribution in [3.63, 3.8) is 0 Å². The van der Waals surface area contributed by atoms with E-state index in [-0.39, 0.29) is 0 Å². The van der Waals surface area contributed by atoms with Crippen molar-refractivity contribution in [2.24, 2.45) is 0 Å². The fourth-order valence-electron chi connectivity index (χ4n) is 2.86. The second kappa shape index (κ2) is 6.22. The van der Waals surface area contributed by atoms with Crippen molar-refractivity contribution in [3.8, 4) is 11.1 Å². The molecule has 0 radical (unpaired) electrons. The van der Waals surface area contributed by atoms with Crippen LogP contribution in [-0.4, -0.2) is 15.1 Å². The van der Waals surface area contributed by atoms with Gasteiger partial charge in [-0.3, -0.25) is 9.97 Å². The van der Waals surface area contributed by atoms with Crippen LogP contribution < -0.4 is 0 Å². The molecule has 0 aliphatic carbocycles. The van der Waals surface area contributed by atoms with Crippen LogP contribution in [0.4, 0.5) is 0 Å². The zero-order valence-electron chi connectivity index (χ0n) is 13.0. The number of hydrogen-bond acceptors (Lipinski definition) is 3. The van der Waals surface area contributed by atoms with Crippen LogP contribution in [0.1, 0.15) is 17.2 Å². The fourth-order valence-corrected chi connectivity index (χ4v) is 2.86. The molecule has 116 valence electrons. The average molecular weight is 312 g/mol. The second-order valence-corrected chi connectivity index (χ2v) is 5.70. The number of aromatic nitrogens is 2. The Labute approximate surface area is 140 Å². The lowest BCUT2D eigenvalue weighted by Crippen LogP contribution is -1.99. The second-order valence-electron chi connectivity index (χ2n) is 5.70. The molecule has 0 fully saturated rings. The van der Waals surface area contributed by atoms with Gasteiger partial charge in [-0.1, -0.05) is 54.6 Å². The highest BCUT2D eigenvalue weighted by Gasteiger charge is 2.11. The molecule has 0 aliphatic rings. The largest absolute Gasteiger partial charge is 0.384 e. The van der Waals surface area contributed by atoms with Gasteiger partial charge in [0.1, 0.15) is 6.10 Å². The third-order valence-corrected chi connectivity index (χ3v) is 4.12. The number of aliphatic hydroxyl groups excluding tert-OH is 1. The normalized spacial score (nSPS) is 12.2. The lowest BCUT2D eigenvalue weighted by atomic mass is 9.97. The van der Waals surface area contributed by atoms with E-state index in [4.69, 9.17) is 0 Å². The summed E-state index contributed by atoms with van der Waals surface area (Å²) < 4.78 is 0. The Kier molecular flexibility index (Phi) is 3.77. The fraction of sp³-hybridized carbons (Fsp3) is 0.0476. The first-order chi connectivity index (χ1) is 11.8. The van der Waals surface area contributed by atoms with E-state index in [1.165, 1.54) is 0 Å². The molecule has 0 aliphatic heterocycles. The lowest BCUT2D eigenvalue weighted by Gasteiger charge is -2.13. The Balaban J connectivity index is 1.73. The molecule has 1 aromatic heterocycles. The lowest BCUT2D eigenvalue weighted by molar-refractivity contribution is 0.220. The quantitative estimate of drug-likeness (QED) is 0.610. The van der Waals surface area contributed by atoms with Gasteiger partial charge in [0.25, 0.3) is 0 Å². The van der Waals surface area contributed by atoms with Crippen molar-refractivity contribution >= 4 is 11.0 Å². The number of benzene rings is 3. The van der Waals surface area contributed by atoms with Gasteiger partial charge < -0.3 is 5.11 Å².